The van der Waals surface area contributed by atoms with Crippen LogP contribution >= 0.6 is 11.6 Å². The van der Waals surface area contributed by atoms with Gasteiger partial charge < -0.3 is 14.4 Å². The Morgan fingerprint density at radius 3 is 2.35 bits per heavy atom. The number of carbonyl (C=O) groups excluding carboxylic acids is 2. The van der Waals surface area contributed by atoms with Crippen molar-refractivity contribution in [2.24, 2.45) is 0 Å². The molecule has 1 aliphatic rings. The molecule has 0 radical (unpaired) electrons. The Bertz CT molecular complexity index is 313. The molecule has 0 unspecified atom stereocenters. The van der Waals surface area contributed by atoms with Crippen molar-refractivity contribution >= 4 is 23.8 Å². The number of nitrogens with zero attached hydrogens (tertiary/aromatic N) is 1. The number of halogens is 1. The fourth-order valence-electron chi connectivity index (χ4n) is 1.62. The Morgan fingerprint density at radius 1 is 1.35 bits per heavy atom. The van der Waals surface area contributed by atoms with Gasteiger partial charge in [-0.15, -0.1) is 11.6 Å². The second-order valence-electron chi connectivity index (χ2n) is 5.17. The Kier molecular flexibility index (Phi) is 4.25. The second kappa shape index (κ2) is 5.12. The summed E-state index contributed by atoms with van der Waals surface area (Å²) in [7, 11) is 0. The summed E-state index contributed by atoms with van der Waals surface area (Å²) >= 11 is 5.92. The topological polar surface area (TPSA) is 55.8 Å². The van der Waals surface area contributed by atoms with E-state index in [1.807, 2.05) is 6.92 Å². The lowest BCUT2D eigenvalue weighted by Crippen LogP contribution is -2.37. The van der Waals surface area contributed by atoms with Gasteiger partial charge in [-0.05, 0) is 34.1 Å². The molecule has 1 heterocycles. The van der Waals surface area contributed by atoms with Gasteiger partial charge in [0.05, 0.1) is 5.38 Å². The number of rotatable bonds is 0. The SMILES string of the molecule is C[C@H]1C[C@@H](Cl)CN1C(=O)OC(=O)OC(C)(C)C. The van der Waals surface area contributed by atoms with Crippen LogP contribution in [0.25, 0.3) is 0 Å². The molecule has 1 aliphatic heterocycles. The predicted octanol–water partition coefficient (Wildman–Crippen LogP) is 2.76. The highest BCUT2D eigenvalue weighted by atomic mass is 35.5. The van der Waals surface area contributed by atoms with E-state index in [-0.39, 0.29) is 11.4 Å². The normalized spacial score (nSPS) is 24.6. The minimum atomic E-state index is -0.979. The van der Waals surface area contributed by atoms with Crippen LogP contribution in [0, 0.1) is 0 Å². The molecule has 6 heteroatoms. The van der Waals surface area contributed by atoms with Crippen molar-refractivity contribution < 1.29 is 19.1 Å². The number of hydrogen-bond acceptors (Lipinski definition) is 4. The zero-order valence-electron chi connectivity index (χ0n) is 10.5. The molecular formula is C11H18ClNO4. The van der Waals surface area contributed by atoms with Crippen LogP contribution in [0.1, 0.15) is 34.1 Å². The number of likely N-dealkylation sites (tertiary alicyclic amines) is 1. The van der Waals surface area contributed by atoms with E-state index >= 15 is 0 Å². The van der Waals surface area contributed by atoms with Gasteiger partial charge >= 0.3 is 12.2 Å². The molecule has 0 N–H and O–H groups in total. The first-order valence-corrected chi connectivity index (χ1v) is 5.98. The summed E-state index contributed by atoms with van der Waals surface area (Å²) in [5, 5.41) is -0.0869. The molecule has 98 valence electrons. The van der Waals surface area contributed by atoms with Crippen LogP contribution in [0.4, 0.5) is 9.59 Å². The van der Waals surface area contributed by atoms with Crippen LogP contribution in [0.15, 0.2) is 0 Å². The third kappa shape index (κ3) is 4.42. The monoisotopic (exact) mass is 263 g/mol. The minimum Gasteiger partial charge on any atom is -0.428 e. The largest absolute Gasteiger partial charge is 0.517 e. The summed E-state index contributed by atoms with van der Waals surface area (Å²) in [5.74, 6) is 0. The van der Waals surface area contributed by atoms with Gasteiger partial charge in [0, 0.05) is 12.6 Å². The van der Waals surface area contributed by atoms with Gasteiger partial charge in [-0.1, -0.05) is 0 Å². The van der Waals surface area contributed by atoms with Crippen LogP contribution < -0.4 is 0 Å². The van der Waals surface area contributed by atoms with E-state index in [9.17, 15) is 9.59 Å². The van der Waals surface area contributed by atoms with Crippen LogP contribution in [0.2, 0.25) is 0 Å². The van der Waals surface area contributed by atoms with Gasteiger partial charge in [0.25, 0.3) is 0 Å². The Hall–Kier alpha value is -0.970. The molecule has 5 nitrogen and oxygen atoms in total. The average Bonchev–Trinajstić information content (AvgIpc) is 2.41. The Morgan fingerprint density at radius 2 is 1.94 bits per heavy atom. The summed E-state index contributed by atoms with van der Waals surface area (Å²) in [4.78, 5) is 24.4. The van der Waals surface area contributed by atoms with Crippen molar-refractivity contribution in [1.82, 2.24) is 4.90 Å². The fourth-order valence-corrected chi connectivity index (χ4v) is 2.03. The van der Waals surface area contributed by atoms with E-state index in [0.717, 1.165) is 0 Å². The quantitative estimate of drug-likeness (QED) is 0.383. The van der Waals surface area contributed by atoms with Crippen LogP contribution in [-0.4, -0.2) is 40.7 Å². The average molecular weight is 264 g/mol. The smallest absolute Gasteiger partial charge is 0.428 e. The molecule has 17 heavy (non-hydrogen) atoms. The molecule has 1 rings (SSSR count). The van der Waals surface area contributed by atoms with E-state index in [1.54, 1.807) is 20.8 Å². The summed E-state index contributed by atoms with van der Waals surface area (Å²) in [6.07, 6.45) is -0.979. The highest BCUT2D eigenvalue weighted by Crippen LogP contribution is 2.22. The molecule has 0 aliphatic carbocycles. The van der Waals surface area contributed by atoms with Crippen LogP contribution in [0.3, 0.4) is 0 Å². The van der Waals surface area contributed by atoms with Gasteiger partial charge in [0.1, 0.15) is 5.60 Å². The molecule has 0 saturated carbocycles. The summed E-state index contributed by atoms with van der Waals surface area (Å²) < 4.78 is 9.48. The fraction of sp³-hybridized carbons (Fsp3) is 0.818. The van der Waals surface area contributed by atoms with Crippen LogP contribution in [-0.2, 0) is 9.47 Å². The Labute approximate surface area is 106 Å². The Balaban J connectivity index is 2.47. The maximum Gasteiger partial charge on any atom is 0.517 e. The number of carbonyl (C=O) groups is 2. The molecule has 1 amide bonds. The zero-order chi connectivity index (χ0) is 13.2. The third-order valence-electron chi connectivity index (χ3n) is 2.32. The van der Waals surface area contributed by atoms with E-state index in [1.165, 1.54) is 4.90 Å². The summed E-state index contributed by atoms with van der Waals surface area (Å²) in [5.41, 5.74) is -0.678. The lowest BCUT2D eigenvalue weighted by atomic mass is 10.2. The number of hydrogen-bond donors (Lipinski definition) is 0. The van der Waals surface area contributed by atoms with E-state index in [4.69, 9.17) is 16.3 Å². The van der Waals surface area contributed by atoms with Gasteiger partial charge in [-0.2, -0.15) is 0 Å². The molecule has 0 spiro atoms. The number of alkyl halides is 1. The van der Waals surface area contributed by atoms with Crippen molar-refractivity contribution in [2.75, 3.05) is 6.54 Å². The lowest BCUT2D eigenvalue weighted by molar-refractivity contribution is 0.00247. The highest BCUT2D eigenvalue weighted by Gasteiger charge is 2.34. The predicted molar refractivity (Wildman–Crippen MR) is 63.1 cm³/mol. The maximum absolute atomic E-state index is 11.6. The van der Waals surface area contributed by atoms with Crippen LogP contribution in [0.5, 0.6) is 0 Å². The first kappa shape index (κ1) is 14.1. The highest BCUT2D eigenvalue weighted by molar-refractivity contribution is 6.21. The van der Waals surface area contributed by atoms with Crippen molar-refractivity contribution in [2.45, 2.75) is 51.1 Å². The molecule has 0 bridgehead atoms. The van der Waals surface area contributed by atoms with E-state index in [0.29, 0.717) is 13.0 Å². The molecular weight excluding hydrogens is 246 g/mol. The first-order valence-electron chi connectivity index (χ1n) is 5.54. The first-order chi connectivity index (χ1) is 7.69. The lowest BCUT2D eigenvalue weighted by Gasteiger charge is -2.22. The minimum absolute atomic E-state index is 0.0209. The zero-order valence-corrected chi connectivity index (χ0v) is 11.3. The molecule has 0 aromatic carbocycles. The molecule has 0 aromatic rings. The molecule has 1 saturated heterocycles. The number of ether oxygens (including phenoxy) is 2. The van der Waals surface area contributed by atoms with Gasteiger partial charge in [-0.3, -0.25) is 0 Å². The molecule has 1 fully saturated rings. The number of amides is 1. The van der Waals surface area contributed by atoms with E-state index < -0.39 is 17.8 Å². The molecule has 0 aromatic heterocycles. The summed E-state index contributed by atoms with van der Waals surface area (Å²) in [6, 6.07) is -0.0209. The third-order valence-corrected chi connectivity index (χ3v) is 2.63. The molecule has 2 atom stereocenters. The summed E-state index contributed by atoms with van der Waals surface area (Å²) in [6.45, 7) is 7.35. The van der Waals surface area contributed by atoms with E-state index in [2.05, 4.69) is 4.74 Å². The van der Waals surface area contributed by atoms with Crippen molar-refractivity contribution in [1.29, 1.82) is 0 Å². The van der Waals surface area contributed by atoms with Crippen molar-refractivity contribution in [3.63, 3.8) is 0 Å². The standard InChI is InChI=1S/C11H18ClNO4/c1-7-5-8(12)6-13(7)9(14)16-10(15)17-11(2,3)4/h7-8H,5-6H2,1-4H3/t7-,8+/m0/s1. The second-order valence-corrected chi connectivity index (χ2v) is 5.78. The van der Waals surface area contributed by atoms with Gasteiger partial charge in [0.15, 0.2) is 0 Å². The van der Waals surface area contributed by atoms with Gasteiger partial charge in [-0.25, -0.2) is 9.59 Å². The maximum atomic E-state index is 11.6. The van der Waals surface area contributed by atoms with Crippen molar-refractivity contribution in [3.05, 3.63) is 0 Å². The van der Waals surface area contributed by atoms with Gasteiger partial charge in [0.2, 0.25) is 0 Å². The van der Waals surface area contributed by atoms with Crippen molar-refractivity contribution in [3.8, 4) is 0 Å².